The Morgan fingerprint density at radius 3 is 2.69 bits per heavy atom. The molecule has 0 amide bonds. The first kappa shape index (κ1) is 24.6. The van der Waals surface area contributed by atoms with Gasteiger partial charge >= 0.3 is 5.97 Å². The van der Waals surface area contributed by atoms with Crippen molar-refractivity contribution < 1.29 is 23.8 Å². The molecule has 0 spiro atoms. The van der Waals surface area contributed by atoms with Crippen molar-refractivity contribution in [2.75, 3.05) is 6.61 Å². The van der Waals surface area contributed by atoms with E-state index in [0.717, 1.165) is 22.0 Å². The number of fused-ring (bicyclic) bond motifs is 1. The Kier molecular flexibility index (Phi) is 7.90. The van der Waals surface area contributed by atoms with Crippen molar-refractivity contribution in [1.82, 2.24) is 10.3 Å². The van der Waals surface area contributed by atoms with Gasteiger partial charge in [-0.15, -0.1) is 0 Å². The van der Waals surface area contributed by atoms with Crippen LogP contribution < -0.4 is 14.8 Å². The topological polar surface area (TPSA) is 83.6 Å². The molecule has 1 heterocycles. The Morgan fingerprint density at radius 1 is 1.09 bits per heavy atom. The zero-order valence-corrected chi connectivity index (χ0v) is 19.9. The van der Waals surface area contributed by atoms with E-state index in [4.69, 9.17) is 21.1 Å². The van der Waals surface area contributed by atoms with Crippen molar-refractivity contribution in [3.8, 4) is 11.5 Å². The Labute approximate surface area is 207 Å². The van der Waals surface area contributed by atoms with E-state index < -0.39 is 17.8 Å². The molecule has 6 nitrogen and oxygen atoms in total. The molecule has 0 bridgehead atoms. The quantitative estimate of drug-likeness (QED) is 0.247. The Bertz CT molecular complexity index is 1320. The number of carboxylic acid groups (broad SMARTS) is 1. The van der Waals surface area contributed by atoms with Crippen LogP contribution in [0.3, 0.4) is 0 Å². The SMILES string of the molecule is CCOc1cc(CN[C@@H](Cc2c[nH]c3ccccc23)C(=O)O)ccc1OCc1ccc(F)cc1Cl. The second kappa shape index (κ2) is 11.3. The van der Waals surface area contributed by atoms with Crippen LogP contribution in [-0.4, -0.2) is 28.7 Å². The molecule has 0 saturated carbocycles. The molecule has 182 valence electrons. The number of carbonyl (C=O) groups is 1. The van der Waals surface area contributed by atoms with Gasteiger partial charge in [-0.2, -0.15) is 0 Å². The summed E-state index contributed by atoms with van der Waals surface area (Å²) in [6, 6.07) is 16.7. The van der Waals surface area contributed by atoms with Crippen molar-refractivity contribution in [1.29, 1.82) is 0 Å². The van der Waals surface area contributed by atoms with Crippen molar-refractivity contribution >= 4 is 28.5 Å². The summed E-state index contributed by atoms with van der Waals surface area (Å²) in [5.41, 5.74) is 3.43. The molecule has 1 atom stereocenters. The largest absolute Gasteiger partial charge is 0.490 e. The van der Waals surface area contributed by atoms with Gasteiger partial charge in [0.2, 0.25) is 0 Å². The van der Waals surface area contributed by atoms with E-state index >= 15 is 0 Å². The minimum absolute atomic E-state index is 0.155. The van der Waals surface area contributed by atoms with Gasteiger partial charge in [-0.25, -0.2) is 4.39 Å². The van der Waals surface area contributed by atoms with Crippen LogP contribution in [-0.2, 0) is 24.4 Å². The van der Waals surface area contributed by atoms with E-state index in [2.05, 4.69) is 10.3 Å². The molecule has 3 aromatic carbocycles. The highest BCUT2D eigenvalue weighted by atomic mass is 35.5. The predicted molar refractivity (Wildman–Crippen MR) is 134 cm³/mol. The van der Waals surface area contributed by atoms with Gasteiger partial charge in [0.05, 0.1) is 11.6 Å². The van der Waals surface area contributed by atoms with E-state index in [1.807, 2.05) is 49.5 Å². The maximum Gasteiger partial charge on any atom is 0.321 e. The van der Waals surface area contributed by atoms with E-state index in [9.17, 15) is 14.3 Å². The molecule has 0 aliphatic carbocycles. The molecule has 0 radical (unpaired) electrons. The minimum Gasteiger partial charge on any atom is -0.490 e. The maximum absolute atomic E-state index is 13.3. The number of ether oxygens (including phenoxy) is 2. The van der Waals surface area contributed by atoms with Gasteiger partial charge in [0, 0.05) is 35.6 Å². The Morgan fingerprint density at radius 2 is 1.91 bits per heavy atom. The summed E-state index contributed by atoms with van der Waals surface area (Å²) in [5.74, 6) is -0.274. The Hall–Kier alpha value is -3.55. The number of aliphatic carboxylic acids is 1. The van der Waals surface area contributed by atoms with Crippen molar-refractivity contribution in [2.45, 2.75) is 32.5 Å². The monoisotopic (exact) mass is 496 g/mol. The average Bonchev–Trinajstić information content (AvgIpc) is 3.25. The number of aromatic amines is 1. The first-order valence-corrected chi connectivity index (χ1v) is 11.7. The molecule has 4 aromatic rings. The number of nitrogens with one attached hydrogen (secondary N) is 2. The van der Waals surface area contributed by atoms with Gasteiger partial charge < -0.3 is 24.9 Å². The van der Waals surface area contributed by atoms with E-state index in [1.54, 1.807) is 12.1 Å². The molecule has 35 heavy (non-hydrogen) atoms. The number of aromatic nitrogens is 1. The van der Waals surface area contributed by atoms with Crippen LogP contribution in [0.1, 0.15) is 23.6 Å². The summed E-state index contributed by atoms with van der Waals surface area (Å²) >= 11 is 6.09. The molecular formula is C27H26ClFN2O4. The van der Waals surface area contributed by atoms with Gasteiger partial charge in [0.1, 0.15) is 18.5 Å². The molecule has 0 aliphatic rings. The number of rotatable bonds is 11. The standard InChI is InChI=1S/C27H26ClFN2O4/c1-2-34-26-11-17(7-10-25(26)35-16-18-8-9-20(29)13-22(18)28)14-30-24(27(32)33)12-19-15-31-23-6-4-3-5-21(19)23/h3-11,13,15,24,30-31H,2,12,14,16H2,1H3,(H,32,33)/t24-/m0/s1. The minimum atomic E-state index is -0.920. The fourth-order valence-corrected chi connectivity index (χ4v) is 4.07. The number of H-pyrrole nitrogens is 1. The summed E-state index contributed by atoms with van der Waals surface area (Å²) in [6.07, 6.45) is 2.20. The zero-order valence-electron chi connectivity index (χ0n) is 19.2. The summed E-state index contributed by atoms with van der Waals surface area (Å²) < 4.78 is 24.9. The first-order valence-electron chi connectivity index (χ1n) is 11.3. The molecule has 0 unspecified atom stereocenters. The van der Waals surface area contributed by atoms with E-state index in [1.165, 1.54) is 12.1 Å². The fourth-order valence-electron chi connectivity index (χ4n) is 3.85. The lowest BCUT2D eigenvalue weighted by Crippen LogP contribution is -2.38. The third-order valence-electron chi connectivity index (χ3n) is 5.66. The predicted octanol–water partition coefficient (Wildman–Crippen LogP) is 5.72. The van der Waals surface area contributed by atoms with Crippen LogP contribution in [0.15, 0.2) is 66.9 Å². The van der Waals surface area contributed by atoms with Crippen molar-refractivity contribution in [3.63, 3.8) is 0 Å². The van der Waals surface area contributed by atoms with Crippen LogP contribution in [0, 0.1) is 5.82 Å². The van der Waals surface area contributed by atoms with E-state index in [-0.39, 0.29) is 6.61 Å². The smallest absolute Gasteiger partial charge is 0.321 e. The maximum atomic E-state index is 13.3. The van der Waals surface area contributed by atoms with Gasteiger partial charge in [0.15, 0.2) is 11.5 Å². The van der Waals surface area contributed by atoms with Crippen molar-refractivity contribution in [2.24, 2.45) is 0 Å². The summed E-state index contributed by atoms with van der Waals surface area (Å²) in [4.78, 5) is 15.1. The summed E-state index contributed by atoms with van der Waals surface area (Å²) in [7, 11) is 0. The van der Waals surface area contributed by atoms with Crippen LogP contribution in [0.25, 0.3) is 10.9 Å². The molecule has 4 rings (SSSR count). The molecule has 8 heteroatoms. The second-order valence-electron chi connectivity index (χ2n) is 8.07. The van der Waals surface area contributed by atoms with Gasteiger partial charge in [-0.05, 0) is 48.4 Å². The van der Waals surface area contributed by atoms with Crippen LogP contribution in [0.2, 0.25) is 5.02 Å². The number of para-hydroxylation sites is 1. The number of halogens is 2. The second-order valence-corrected chi connectivity index (χ2v) is 8.48. The highest BCUT2D eigenvalue weighted by molar-refractivity contribution is 6.31. The highest BCUT2D eigenvalue weighted by Gasteiger charge is 2.19. The molecule has 0 aliphatic heterocycles. The molecule has 0 fully saturated rings. The number of benzene rings is 3. The van der Waals surface area contributed by atoms with E-state index in [0.29, 0.717) is 41.7 Å². The molecule has 3 N–H and O–H groups in total. The lowest BCUT2D eigenvalue weighted by Gasteiger charge is -2.17. The zero-order chi connectivity index (χ0) is 24.8. The van der Waals surface area contributed by atoms with Crippen LogP contribution in [0.5, 0.6) is 11.5 Å². The molecule has 0 saturated heterocycles. The lowest BCUT2D eigenvalue weighted by atomic mass is 10.0. The summed E-state index contributed by atoms with van der Waals surface area (Å²) in [6.45, 7) is 2.79. The molecular weight excluding hydrogens is 471 g/mol. The fraction of sp³-hybridized carbons (Fsp3) is 0.222. The number of hydrogen-bond donors (Lipinski definition) is 3. The van der Waals surface area contributed by atoms with Crippen molar-refractivity contribution in [3.05, 3.63) is 94.4 Å². The van der Waals surface area contributed by atoms with Gasteiger partial charge in [-0.3, -0.25) is 4.79 Å². The third kappa shape index (κ3) is 6.12. The average molecular weight is 497 g/mol. The highest BCUT2D eigenvalue weighted by Crippen LogP contribution is 2.30. The third-order valence-corrected chi connectivity index (χ3v) is 6.01. The normalized spacial score (nSPS) is 12.0. The van der Waals surface area contributed by atoms with Crippen LogP contribution in [0.4, 0.5) is 4.39 Å². The summed E-state index contributed by atoms with van der Waals surface area (Å²) in [5, 5.41) is 14.2. The van der Waals surface area contributed by atoms with Gasteiger partial charge in [-0.1, -0.05) is 41.9 Å². The Balaban J connectivity index is 1.43. The molecule has 1 aromatic heterocycles. The van der Waals surface area contributed by atoms with Crippen LogP contribution >= 0.6 is 11.6 Å². The first-order chi connectivity index (χ1) is 16.9. The number of hydrogen-bond acceptors (Lipinski definition) is 4. The van der Waals surface area contributed by atoms with Gasteiger partial charge in [0.25, 0.3) is 0 Å². The number of carboxylic acids is 1. The lowest BCUT2D eigenvalue weighted by molar-refractivity contribution is -0.139.